The topological polar surface area (TPSA) is 247 Å². The quantitative estimate of drug-likeness (QED) is 0.121. The molecule has 1 aliphatic carbocycles. The number of hydrogen-bond donors (Lipinski definition) is 4. The van der Waals surface area contributed by atoms with E-state index in [1.807, 2.05) is 60.7 Å². The summed E-state index contributed by atoms with van der Waals surface area (Å²) in [5, 5.41) is 8.17. The van der Waals surface area contributed by atoms with E-state index < -0.39 is 34.2 Å². The second kappa shape index (κ2) is 17.7. The van der Waals surface area contributed by atoms with Gasteiger partial charge >= 0.3 is 10.4 Å². The maximum Gasteiger partial charge on any atom is 0.394 e. The van der Waals surface area contributed by atoms with Crippen LogP contribution in [0.25, 0.3) is 22.3 Å². The normalized spacial score (nSPS) is 22.2. The first-order chi connectivity index (χ1) is 30.8. The van der Waals surface area contributed by atoms with Gasteiger partial charge in [0.05, 0.1) is 22.6 Å². The number of benzene rings is 3. The van der Waals surface area contributed by atoms with Crippen LogP contribution in [-0.2, 0) is 20.0 Å². The molecule has 1 saturated carbocycles. The highest BCUT2D eigenvalue weighted by Gasteiger charge is 2.45. The largest absolute Gasteiger partial charge is 0.457 e. The molecular weight excluding hydrogens is 845 g/mol. The number of rotatable bonds is 9. The van der Waals surface area contributed by atoms with E-state index in [0.717, 1.165) is 116 Å². The minimum absolute atomic E-state index is 0.101. The fourth-order valence-corrected chi connectivity index (χ4v) is 9.65. The average molecular weight is 893 g/mol. The van der Waals surface area contributed by atoms with Crippen LogP contribution in [0.2, 0.25) is 0 Å². The molecule has 4 fully saturated rings. The van der Waals surface area contributed by atoms with Crippen molar-refractivity contribution >= 4 is 56.6 Å². The third kappa shape index (κ3) is 9.04. The van der Waals surface area contributed by atoms with Crippen LogP contribution in [-0.4, -0.2) is 133 Å². The zero-order valence-corrected chi connectivity index (χ0v) is 35.6. The number of para-hydroxylation sites is 1. The van der Waals surface area contributed by atoms with Gasteiger partial charge in [-0.25, -0.2) is 14.6 Å². The van der Waals surface area contributed by atoms with E-state index in [0.29, 0.717) is 28.9 Å². The Morgan fingerprint density at radius 2 is 1.44 bits per heavy atom. The molecule has 0 spiro atoms. The zero-order chi connectivity index (χ0) is 44.7. The Bertz CT molecular complexity index is 2690. The Hall–Kier alpha value is -6.32. The summed E-state index contributed by atoms with van der Waals surface area (Å²) in [6, 6.07) is 22.8. The first-order valence-corrected chi connectivity index (χ1v) is 22.8. The molecule has 5 N–H and O–H groups in total. The predicted octanol–water partition coefficient (Wildman–Crippen LogP) is 3.85. The minimum Gasteiger partial charge on any atom is -0.457 e. The van der Waals surface area contributed by atoms with Crippen LogP contribution < -0.4 is 20.7 Å². The molecule has 3 saturated heterocycles. The van der Waals surface area contributed by atoms with Crippen molar-refractivity contribution in [1.29, 1.82) is 0 Å². The molecule has 1 atom stereocenters. The van der Waals surface area contributed by atoms with Crippen molar-refractivity contribution in [3.8, 4) is 22.8 Å². The number of nitrogens with one attached hydrogen (secondary N) is 1. The van der Waals surface area contributed by atoms with Crippen LogP contribution in [0.5, 0.6) is 11.5 Å². The van der Waals surface area contributed by atoms with E-state index in [4.69, 9.17) is 33.1 Å². The number of piperidine rings is 1. The number of nitrogens with zero attached hydrogens (tertiary/aromatic N) is 8. The highest BCUT2D eigenvalue weighted by molar-refractivity contribution is 7.79. The maximum atomic E-state index is 13.3. The third-order valence-corrected chi connectivity index (χ3v) is 12.8. The molecule has 0 radical (unpaired) electrons. The van der Waals surface area contributed by atoms with Gasteiger partial charge in [0.15, 0.2) is 5.65 Å². The van der Waals surface area contributed by atoms with Crippen LogP contribution in [0.1, 0.15) is 65.3 Å². The van der Waals surface area contributed by atoms with E-state index in [1.54, 1.807) is 12.1 Å². The smallest absolute Gasteiger partial charge is 0.394 e. The van der Waals surface area contributed by atoms with Gasteiger partial charge in [0.25, 0.3) is 11.8 Å². The monoisotopic (exact) mass is 892 g/mol. The highest BCUT2D eigenvalue weighted by Crippen LogP contribution is 2.38. The molecule has 5 aliphatic rings. The van der Waals surface area contributed by atoms with Gasteiger partial charge in [-0.2, -0.15) is 13.5 Å². The fraction of sp³-hybridized carbons (Fsp3) is 0.386. The number of carbonyl (C=O) groups is 4. The van der Waals surface area contributed by atoms with Gasteiger partial charge in [-0.05, 0) is 86.7 Å². The molecule has 0 bridgehead atoms. The van der Waals surface area contributed by atoms with E-state index in [1.165, 1.54) is 6.33 Å². The lowest BCUT2D eigenvalue weighted by Crippen LogP contribution is -2.56. The van der Waals surface area contributed by atoms with Crippen LogP contribution in [0.4, 0.5) is 11.5 Å². The number of hydrogen-bond acceptors (Lipinski definition) is 14. The number of aromatic nitrogens is 4. The lowest BCUT2D eigenvalue weighted by atomic mass is 9.89. The summed E-state index contributed by atoms with van der Waals surface area (Å²) < 4.78 is 39.7. The summed E-state index contributed by atoms with van der Waals surface area (Å²) >= 11 is 0. The number of nitrogen functional groups attached to an aromatic ring is 1. The van der Waals surface area contributed by atoms with Gasteiger partial charge in [-0.1, -0.05) is 18.2 Å². The van der Waals surface area contributed by atoms with Gasteiger partial charge < -0.3 is 20.3 Å². The Kier molecular flexibility index (Phi) is 11.9. The molecule has 6 heterocycles. The molecule has 10 rings (SSSR count). The lowest BCUT2D eigenvalue weighted by Gasteiger charge is -2.46. The molecule has 19 nitrogen and oxygen atoms in total. The molecule has 64 heavy (non-hydrogen) atoms. The van der Waals surface area contributed by atoms with Crippen molar-refractivity contribution in [2.75, 3.05) is 56.4 Å². The molecule has 4 aliphatic heterocycles. The minimum atomic E-state index is -4.67. The number of anilines is 2. The highest BCUT2D eigenvalue weighted by atomic mass is 32.3. The molecule has 2 aromatic heterocycles. The summed E-state index contributed by atoms with van der Waals surface area (Å²) in [6.07, 6.45) is 6.02. The standard InChI is InChI=1S/C44H46N10O5.H2O4S/c45-40-38-39(28-6-13-33(14-7-28)59-32-4-2-1-3-5-32)49-54(41(38)47-26-46-40)30-10-8-29(9-11-30)51-20-18-50(19-21-51)23-27-24-52(25-27)31-12-15-34-35(22-31)44(58)53(43(34)57)36-16-17-37(55)48-42(36)56;1-5(2,3)4/h1-7,12-15,22,26-27,29-30,36H,8-11,16-21,23-25H2,(H2,45,46,47)(H,48,55,56);(H2,1,2,3,4). The van der Waals surface area contributed by atoms with Gasteiger partial charge in [0, 0.05) is 75.4 Å². The predicted molar refractivity (Wildman–Crippen MR) is 234 cm³/mol. The molecule has 334 valence electrons. The zero-order valence-electron chi connectivity index (χ0n) is 34.8. The number of carbonyl (C=O) groups excluding carboxylic acids is 4. The third-order valence-electron chi connectivity index (χ3n) is 12.8. The molecule has 4 amide bonds. The van der Waals surface area contributed by atoms with E-state index in [-0.39, 0.29) is 24.8 Å². The van der Waals surface area contributed by atoms with Crippen molar-refractivity contribution in [2.24, 2.45) is 5.92 Å². The number of fused-ring (bicyclic) bond motifs is 2. The van der Waals surface area contributed by atoms with Gasteiger partial charge in [-0.3, -0.25) is 43.4 Å². The van der Waals surface area contributed by atoms with Crippen LogP contribution in [0.15, 0.2) is 79.1 Å². The Morgan fingerprint density at radius 3 is 2.12 bits per heavy atom. The van der Waals surface area contributed by atoms with Crippen LogP contribution >= 0.6 is 0 Å². The molecule has 20 heteroatoms. The molecule has 3 aromatic carbocycles. The van der Waals surface area contributed by atoms with Crippen molar-refractivity contribution in [3.05, 3.63) is 90.3 Å². The summed E-state index contributed by atoms with van der Waals surface area (Å²) in [6.45, 7) is 7.00. The van der Waals surface area contributed by atoms with Crippen LogP contribution in [0, 0.1) is 5.92 Å². The number of amides is 4. The van der Waals surface area contributed by atoms with Crippen molar-refractivity contribution in [3.63, 3.8) is 0 Å². The Morgan fingerprint density at radius 1 is 0.781 bits per heavy atom. The number of piperazine rings is 1. The van der Waals surface area contributed by atoms with Crippen molar-refractivity contribution in [1.82, 2.24) is 39.8 Å². The van der Waals surface area contributed by atoms with Crippen molar-refractivity contribution in [2.45, 2.75) is 56.7 Å². The summed E-state index contributed by atoms with van der Waals surface area (Å²) in [5.41, 5.74) is 10.5. The molecule has 5 aromatic rings. The first kappa shape index (κ1) is 43.0. The first-order valence-electron chi connectivity index (χ1n) is 21.4. The van der Waals surface area contributed by atoms with E-state index in [2.05, 4.69) is 34.7 Å². The van der Waals surface area contributed by atoms with Crippen molar-refractivity contribution < 1.29 is 41.4 Å². The van der Waals surface area contributed by atoms with Gasteiger partial charge in [-0.15, -0.1) is 0 Å². The second-order valence-electron chi connectivity index (χ2n) is 16.9. The SMILES string of the molecule is Nc1ncnc2c1c(-c1ccc(Oc3ccccc3)cc1)nn2C1CCC(N2CCN(CC3CN(c4ccc5c(c4)C(=O)N(C4CCC(=O)NC4=O)C5=O)C3)CC2)CC1.O=S(=O)(O)O. The Balaban J connectivity index is 0.000000984. The van der Waals surface area contributed by atoms with Gasteiger partial charge in [0.1, 0.15) is 35.4 Å². The number of ether oxygens (including phenoxy) is 1. The Labute approximate surface area is 368 Å². The number of nitrogens with two attached hydrogens (primary N) is 1. The summed E-state index contributed by atoms with van der Waals surface area (Å²) in [5.74, 6) is 0.553. The second-order valence-corrected chi connectivity index (χ2v) is 17.8. The summed E-state index contributed by atoms with van der Waals surface area (Å²) in [7, 11) is -4.67. The molecule has 1 unspecified atom stereocenters. The maximum absolute atomic E-state index is 13.3. The van der Waals surface area contributed by atoms with E-state index in [9.17, 15) is 19.2 Å². The van der Waals surface area contributed by atoms with E-state index >= 15 is 0 Å². The number of imide groups is 2. The summed E-state index contributed by atoms with van der Waals surface area (Å²) in [4.78, 5) is 68.0. The average Bonchev–Trinajstić information content (AvgIpc) is 3.77. The molecular formula is C44H48N10O9S. The van der Waals surface area contributed by atoms with Crippen LogP contribution in [0.3, 0.4) is 0 Å². The van der Waals surface area contributed by atoms with Gasteiger partial charge in [0.2, 0.25) is 11.8 Å². The lowest BCUT2D eigenvalue weighted by molar-refractivity contribution is -0.136. The fourth-order valence-electron chi connectivity index (χ4n) is 9.65.